The van der Waals surface area contributed by atoms with E-state index in [1.807, 2.05) is 6.07 Å². The number of aliphatic carboxylic acids is 1. The van der Waals surface area contributed by atoms with Crippen molar-refractivity contribution in [3.63, 3.8) is 0 Å². The maximum Gasteiger partial charge on any atom is 1.00 e. The molecule has 0 atom stereocenters. The molecule has 0 saturated carbocycles. The summed E-state index contributed by atoms with van der Waals surface area (Å²) in [6, 6.07) is 8.83. The molecule has 0 unspecified atom stereocenters. The fraction of sp³-hybridized carbons (Fsp3) is 0. The third-order valence-electron chi connectivity index (χ3n) is 1.38. The predicted molar refractivity (Wildman–Crippen MR) is 44.2 cm³/mol. The molecular weight excluding hydrogens is 179 g/mol. The molecule has 58 valence electrons. The maximum absolute atomic E-state index is 10.4. The van der Waals surface area contributed by atoms with Crippen LogP contribution in [0.3, 0.4) is 0 Å². The molecule has 0 aliphatic rings. The SMILES string of the molecule is C=C(C(=O)O)c1ccccc1.[H-].[K+]. The van der Waals surface area contributed by atoms with Gasteiger partial charge in [0.1, 0.15) is 0 Å². The van der Waals surface area contributed by atoms with Gasteiger partial charge in [0.15, 0.2) is 0 Å². The molecule has 0 bridgehead atoms. The molecule has 1 aromatic carbocycles. The number of carboxylic acids is 1. The van der Waals surface area contributed by atoms with E-state index in [0.717, 1.165) is 0 Å². The number of hydrogen-bond donors (Lipinski definition) is 1. The van der Waals surface area contributed by atoms with Crippen LogP contribution in [0, 0.1) is 0 Å². The van der Waals surface area contributed by atoms with E-state index in [9.17, 15) is 4.79 Å². The van der Waals surface area contributed by atoms with Gasteiger partial charge < -0.3 is 6.53 Å². The Morgan fingerprint density at radius 1 is 1.33 bits per heavy atom. The van der Waals surface area contributed by atoms with E-state index in [4.69, 9.17) is 5.11 Å². The fourth-order valence-electron chi connectivity index (χ4n) is 0.763. The van der Waals surface area contributed by atoms with Crippen molar-refractivity contribution in [2.45, 2.75) is 0 Å². The molecular formula is C9H9KO2. The summed E-state index contributed by atoms with van der Waals surface area (Å²) in [5.41, 5.74) is 0.783. The van der Waals surface area contributed by atoms with Crippen LogP contribution in [0.25, 0.3) is 5.57 Å². The van der Waals surface area contributed by atoms with Crippen molar-refractivity contribution in [1.29, 1.82) is 0 Å². The summed E-state index contributed by atoms with van der Waals surface area (Å²) in [4.78, 5) is 10.4. The monoisotopic (exact) mass is 188 g/mol. The number of rotatable bonds is 2. The van der Waals surface area contributed by atoms with Crippen molar-refractivity contribution in [3.05, 3.63) is 42.5 Å². The predicted octanol–water partition coefficient (Wildman–Crippen LogP) is -1.10. The smallest absolute Gasteiger partial charge is 1.00 e. The van der Waals surface area contributed by atoms with Crippen LogP contribution in [0.15, 0.2) is 36.9 Å². The molecule has 3 heteroatoms. The molecule has 0 amide bonds. The van der Waals surface area contributed by atoms with Crippen LogP contribution >= 0.6 is 0 Å². The second-order valence-corrected chi connectivity index (χ2v) is 2.15. The Labute approximate surface area is 115 Å². The molecule has 0 fully saturated rings. The molecule has 0 aromatic heterocycles. The van der Waals surface area contributed by atoms with Gasteiger partial charge in [-0.2, -0.15) is 0 Å². The van der Waals surface area contributed by atoms with Crippen molar-refractivity contribution >= 4 is 11.5 Å². The van der Waals surface area contributed by atoms with Crippen molar-refractivity contribution in [2.75, 3.05) is 0 Å². The van der Waals surface area contributed by atoms with E-state index in [0.29, 0.717) is 5.56 Å². The van der Waals surface area contributed by atoms with Gasteiger partial charge in [-0.3, -0.25) is 0 Å². The van der Waals surface area contributed by atoms with Crippen LogP contribution in [-0.2, 0) is 4.79 Å². The topological polar surface area (TPSA) is 37.3 Å². The van der Waals surface area contributed by atoms with Crippen molar-refractivity contribution in [1.82, 2.24) is 0 Å². The Hall–Kier alpha value is 0.0664. The van der Waals surface area contributed by atoms with E-state index < -0.39 is 5.97 Å². The van der Waals surface area contributed by atoms with Gasteiger partial charge in [0.05, 0.1) is 5.57 Å². The molecule has 1 rings (SSSR count). The van der Waals surface area contributed by atoms with Gasteiger partial charge in [0.25, 0.3) is 0 Å². The van der Waals surface area contributed by atoms with Crippen molar-refractivity contribution in [3.8, 4) is 0 Å². The Morgan fingerprint density at radius 3 is 2.25 bits per heavy atom. The van der Waals surface area contributed by atoms with Gasteiger partial charge >= 0.3 is 57.4 Å². The van der Waals surface area contributed by atoms with Gasteiger partial charge in [-0.25, -0.2) is 4.79 Å². The van der Waals surface area contributed by atoms with Crippen molar-refractivity contribution in [2.24, 2.45) is 0 Å². The average Bonchev–Trinajstić information content (AvgIpc) is 2.05. The van der Waals surface area contributed by atoms with Gasteiger partial charge in [-0.15, -0.1) is 0 Å². The number of hydrogen-bond acceptors (Lipinski definition) is 1. The van der Waals surface area contributed by atoms with Crippen LogP contribution in [0.4, 0.5) is 0 Å². The summed E-state index contributed by atoms with van der Waals surface area (Å²) in [6.07, 6.45) is 0. The molecule has 0 spiro atoms. The first-order valence-electron chi connectivity index (χ1n) is 3.19. The zero-order valence-electron chi connectivity index (χ0n) is 7.95. The van der Waals surface area contributed by atoms with Crippen molar-refractivity contribution < 1.29 is 62.7 Å². The first-order valence-corrected chi connectivity index (χ1v) is 3.19. The summed E-state index contributed by atoms with van der Waals surface area (Å²) in [7, 11) is 0. The molecule has 0 aliphatic carbocycles. The summed E-state index contributed by atoms with van der Waals surface area (Å²) in [5.74, 6) is -0.976. The average molecular weight is 188 g/mol. The van der Waals surface area contributed by atoms with E-state index in [-0.39, 0.29) is 58.4 Å². The second-order valence-electron chi connectivity index (χ2n) is 2.15. The van der Waals surface area contributed by atoms with E-state index in [2.05, 4.69) is 6.58 Å². The number of benzene rings is 1. The minimum atomic E-state index is -0.976. The van der Waals surface area contributed by atoms with Gasteiger partial charge in [0, 0.05) is 0 Å². The van der Waals surface area contributed by atoms with Crippen LogP contribution in [0.1, 0.15) is 6.99 Å². The standard InChI is InChI=1S/C9H8O2.K.H/c1-7(9(10)11)8-5-3-2-4-6-8;;/h2-6H,1H2,(H,10,11);;/q;+1;-1. The Morgan fingerprint density at radius 2 is 1.83 bits per heavy atom. The van der Waals surface area contributed by atoms with E-state index in [1.165, 1.54) is 0 Å². The first kappa shape index (κ1) is 12.1. The third kappa shape index (κ3) is 3.21. The molecule has 2 nitrogen and oxygen atoms in total. The summed E-state index contributed by atoms with van der Waals surface area (Å²) in [6.45, 7) is 3.42. The largest absolute Gasteiger partial charge is 1.00 e. The summed E-state index contributed by atoms with van der Waals surface area (Å²) >= 11 is 0. The molecule has 0 radical (unpaired) electrons. The molecule has 12 heavy (non-hydrogen) atoms. The molecule has 0 heterocycles. The van der Waals surface area contributed by atoms with Crippen LogP contribution in [-0.4, -0.2) is 11.1 Å². The van der Waals surface area contributed by atoms with Crippen LogP contribution in [0.5, 0.6) is 0 Å². The molecule has 1 aromatic rings. The minimum absolute atomic E-state index is 0. The number of carboxylic acid groups (broad SMARTS) is 1. The fourth-order valence-corrected chi connectivity index (χ4v) is 0.763. The van der Waals surface area contributed by atoms with Crippen LogP contribution < -0.4 is 51.4 Å². The third-order valence-corrected chi connectivity index (χ3v) is 1.38. The second kappa shape index (κ2) is 5.67. The van der Waals surface area contributed by atoms with Gasteiger partial charge in [0.2, 0.25) is 0 Å². The van der Waals surface area contributed by atoms with Gasteiger partial charge in [-0.05, 0) is 5.56 Å². The zero-order valence-corrected chi connectivity index (χ0v) is 10.1. The number of carbonyl (C=O) groups is 1. The quantitative estimate of drug-likeness (QED) is 0.472. The normalized spacial score (nSPS) is 8.33. The molecule has 0 saturated heterocycles. The Bertz CT molecular complexity index is 285. The molecule has 0 aliphatic heterocycles. The molecule has 1 N–H and O–H groups in total. The van der Waals surface area contributed by atoms with Gasteiger partial charge in [-0.1, -0.05) is 36.9 Å². The first-order chi connectivity index (χ1) is 5.22. The van der Waals surface area contributed by atoms with Crippen LogP contribution in [0.2, 0.25) is 0 Å². The zero-order chi connectivity index (χ0) is 8.27. The summed E-state index contributed by atoms with van der Waals surface area (Å²) < 4.78 is 0. The van der Waals surface area contributed by atoms with E-state index >= 15 is 0 Å². The maximum atomic E-state index is 10.4. The Kier molecular flexibility index (Phi) is 5.70. The summed E-state index contributed by atoms with van der Waals surface area (Å²) in [5, 5.41) is 8.54. The minimum Gasteiger partial charge on any atom is -1.00 e. The van der Waals surface area contributed by atoms with E-state index in [1.54, 1.807) is 24.3 Å². The Balaban J connectivity index is 0.